The average molecular weight is 422 g/mol. The van der Waals surface area contributed by atoms with Crippen LogP contribution in [0.15, 0.2) is 65.5 Å². The van der Waals surface area contributed by atoms with E-state index in [9.17, 15) is 18.0 Å². The highest BCUT2D eigenvalue weighted by atomic mass is 19.4. The minimum atomic E-state index is -4.40. The normalized spacial score (nSPS) is 11.8. The number of fused-ring (bicyclic) bond motifs is 1. The zero-order valence-corrected chi connectivity index (χ0v) is 17.4. The molecule has 0 unspecified atom stereocenters. The van der Waals surface area contributed by atoms with E-state index in [2.05, 4.69) is 4.98 Å². The highest BCUT2D eigenvalue weighted by Crippen LogP contribution is 2.29. The second-order valence-electron chi connectivity index (χ2n) is 7.79. The summed E-state index contributed by atoms with van der Waals surface area (Å²) in [6, 6.07) is 16.3. The molecule has 6 heteroatoms. The minimum Gasteiger partial charge on any atom is -0.300 e. The summed E-state index contributed by atoms with van der Waals surface area (Å²) < 4.78 is 40.3. The van der Waals surface area contributed by atoms with Gasteiger partial charge in [0.15, 0.2) is 0 Å². The van der Waals surface area contributed by atoms with E-state index in [0.29, 0.717) is 22.3 Å². The molecule has 4 aromatic rings. The average Bonchev–Trinajstić information content (AvgIpc) is 2.72. The number of nitrogens with zero attached hydrogens (tertiary/aromatic N) is 2. The number of hydrogen-bond acceptors (Lipinski definition) is 2. The number of halogens is 3. The topological polar surface area (TPSA) is 34.9 Å². The fourth-order valence-electron chi connectivity index (χ4n) is 3.65. The molecule has 3 aromatic carbocycles. The number of aryl methyl sites for hydroxylation is 3. The summed E-state index contributed by atoms with van der Waals surface area (Å²) in [5.41, 5.74) is 5.02. The summed E-state index contributed by atoms with van der Waals surface area (Å²) in [6.07, 6.45) is -4.40. The van der Waals surface area contributed by atoms with Crippen LogP contribution in [0.4, 0.5) is 13.2 Å². The molecule has 0 radical (unpaired) electrons. The maximum Gasteiger partial charge on any atom is 0.416 e. The fourth-order valence-corrected chi connectivity index (χ4v) is 3.65. The molecule has 0 amide bonds. The van der Waals surface area contributed by atoms with Crippen molar-refractivity contribution < 1.29 is 13.2 Å². The molecular formula is C25H21F3N2O. The zero-order chi connectivity index (χ0) is 22.3. The summed E-state index contributed by atoms with van der Waals surface area (Å²) in [7, 11) is 0. The molecule has 1 heterocycles. The fraction of sp³-hybridized carbons (Fsp3) is 0.200. The Bertz CT molecular complexity index is 1340. The van der Waals surface area contributed by atoms with Gasteiger partial charge < -0.3 is 4.57 Å². The van der Waals surface area contributed by atoms with Crippen LogP contribution >= 0.6 is 0 Å². The third kappa shape index (κ3) is 3.98. The zero-order valence-electron chi connectivity index (χ0n) is 17.4. The maximum absolute atomic E-state index is 13.5. The van der Waals surface area contributed by atoms with Gasteiger partial charge in [-0.1, -0.05) is 36.4 Å². The van der Waals surface area contributed by atoms with Gasteiger partial charge in [0, 0.05) is 5.56 Å². The Morgan fingerprint density at radius 1 is 0.871 bits per heavy atom. The van der Waals surface area contributed by atoms with Gasteiger partial charge >= 0.3 is 6.18 Å². The van der Waals surface area contributed by atoms with Crippen LogP contribution < -0.4 is 5.56 Å². The van der Waals surface area contributed by atoms with E-state index in [1.165, 1.54) is 12.1 Å². The van der Waals surface area contributed by atoms with Gasteiger partial charge in [0.2, 0.25) is 0 Å². The Balaban J connectivity index is 1.92. The summed E-state index contributed by atoms with van der Waals surface area (Å²) in [5.74, 6) is 0. The first kappa shape index (κ1) is 20.8. The van der Waals surface area contributed by atoms with Gasteiger partial charge in [-0.3, -0.25) is 4.79 Å². The van der Waals surface area contributed by atoms with Crippen LogP contribution in [0.1, 0.15) is 27.8 Å². The molecule has 0 saturated heterocycles. The molecule has 0 saturated carbocycles. The number of aromatic nitrogens is 2. The van der Waals surface area contributed by atoms with E-state index in [1.807, 2.05) is 57.2 Å². The van der Waals surface area contributed by atoms with Crippen LogP contribution in [0.5, 0.6) is 0 Å². The van der Waals surface area contributed by atoms with Gasteiger partial charge in [-0.2, -0.15) is 13.2 Å². The van der Waals surface area contributed by atoms with Crippen molar-refractivity contribution in [2.24, 2.45) is 0 Å². The molecule has 31 heavy (non-hydrogen) atoms. The van der Waals surface area contributed by atoms with E-state index in [0.717, 1.165) is 34.4 Å². The number of benzene rings is 3. The van der Waals surface area contributed by atoms with Crippen LogP contribution in [-0.4, -0.2) is 9.55 Å². The summed E-state index contributed by atoms with van der Waals surface area (Å²) in [5, 5.41) is 0. The monoisotopic (exact) mass is 422 g/mol. The van der Waals surface area contributed by atoms with E-state index < -0.39 is 11.7 Å². The first-order chi connectivity index (χ1) is 14.6. The number of alkyl halides is 3. The number of rotatable bonds is 3. The summed E-state index contributed by atoms with van der Waals surface area (Å²) in [4.78, 5) is 18.2. The van der Waals surface area contributed by atoms with Gasteiger partial charge in [-0.25, -0.2) is 4.98 Å². The molecule has 0 aliphatic carbocycles. The molecule has 0 N–H and O–H groups in total. The third-order valence-electron chi connectivity index (χ3n) is 5.58. The second-order valence-corrected chi connectivity index (χ2v) is 7.79. The highest BCUT2D eigenvalue weighted by Gasteiger charge is 2.30. The molecular weight excluding hydrogens is 401 g/mol. The lowest BCUT2D eigenvalue weighted by atomic mass is 10.0. The van der Waals surface area contributed by atoms with Crippen LogP contribution in [0.25, 0.3) is 22.3 Å². The van der Waals surface area contributed by atoms with Crippen LogP contribution in [0, 0.1) is 20.8 Å². The minimum absolute atomic E-state index is 0.150. The lowest BCUT2D eigenvalue weighted by Crippen LogP contribution is -2.24. The maximum atomic E-state index is 13.5. The highest BCUT2D eigenvalue weighted by molar-refractivity contribution is 5.80. The Morgan fingerprint density at radius 3 is 2.16 bits per heavy atom. The SMILES string of the molecule is Cc1cc2nc(-c3ccccc3C)c(=O)n(Cc3ccc(C(F)(F)F)cc3)c2cc1C. The van der Waals surface area contributed by atoms with Crippen molar-refractivity contribution in [2.45, 2.75) is 33.5 Å². The number of hydrogen-bond donors (Lipinski definition) is 0. The lowest BCUT2D eigenvalue weighted by Gasteiger charge is -2.15. The van der Waals surface area contributed by atoms with E-state index in [-0.39, 0.29) is 12.1 Å². The molecule has 4 rings (SSSR count). The van der Waals surface area contributed by atoms with Crippen molar-refractivity contribution in [2.75, 3.05) is 0 Å². The predicted octanol–water partition coefficient (Wildman–Crippen LogP) is 6.06. The van der Waals surface area contributed by atoms with Crippen molar-refractivity contribution in [3.63, 3.8) is 0 Å². The van der Waals surface area contributed by atoms with Crippen molar-refractivity contribution in [3.05, 3.63) is 98.8 Å². The molecule has 0 atom stereocenters. The Kier molecular flexibility index (Phi) is 5.17. The van der Waals surface area contributed by atoms with Crippen LogP contribution in [-0.2, 0) is 12.7 Å². The standard InChI is InChI=1S/C25H21F3N2O/c1-15-6-4-5-7-20(15)23-24(31)30(22-13-17(3)16(2)12-21(22)29-23)14-18-8-10-19(11-9-18)25(26,27)28/h4-13H,14H2,1-3H3. The van der Waals surface area contributed by atoms with Crippen molar-refractivity contribution in [3.8, 4) is 11.3 Å². The Morgan fingerprint density at radius 2 is 1.52 bits per heavy atom. The smallest absolute Gasteiger partial charge is 0.300 e. The van der Waals surface area contributed by atoms with Gasteiger partial charge in [-0.15, -0.1) is 0 Å². The Hall–Kier alpha value is -3.41. The quantitative estimate of drug-likeness (QED) is 0.403. The van der Waals surface area contributed by atoms with E-state index in [4.69, 9.17) is 0 Å². The summed E-state index contributed by atoms with van der Waals surface area (Å²) >= 11 is 0. The third-order valence-corrected chi connectivity index (χ3v) is 5.58. The molecule has 0 aliphatic rings. The first-order valence-electron chi connectivity index (χ1n) is 9.89. The second kappa shape index (κ2) is 7.69. The van der Waals surface area contributed by atoms with Crippen molar-refractivity contribution in [1.82, 2.24) is 9.55 Å². The molecule has 0 spiro atoms. The Labute approximate surface area is 177 Å². The molecule has 0 bridgehead atoms. The summed E-state index contributed by atoms with van der Waals surface area (Å²) in [6.45, 7) is 6.00. The van der Waals surface area contributed by atoms with E-state index in [1.54, 1.807) is 4.57 Å². The van der Waals surface area contributed by atoms with Crippen LogP contribution in [0.3, 0.4) is 0 Å². The molecule has 3 nitrogen and oxygen atoms in total. The first-order valence-corrected chi connectivity index (χ1v) is 9.89. The predicted molar refractivity (Wildman–Crippen MR) is 116 cm³/mol. The van der Waals surface area contributed by atoms with Crippen LogP contribution in [0.2, 0.25) is 0 Å². The molecule has 1 aromatic heterocycles. The van der Waals surface area contributed by atoms with Crippen molar-refractivity contribution >= 4 is 11.0 Å². The molecule has 0 aliphatic heterocycles. The van der Waals surface area contributed by atoms with Gasteiger partial charge in [0.25, 0.3) is 5.56 Å². The van der Waals surface area contributed by atoms with E-state index >= 15 is 0 Å². The van der Waals surface area contributed by atoms with Crippen molar-refractivity contribution in [1.29, 1.82) is 0 Å². The largest absolute Gasteiger partial charge is 0.416 e. The molecule has 0 fully saturated rings. The lowest BCUT2D eigenvalue weighted by molar-refractivity contribution is -0.137. The van der Waals surface area contributed by atoms with Gasteiger partial charge in [-0.05, 0) is 67.3 Å². The molecule has 158 valence electrons. The van der Waals surface area contributed by atoms with Gasteiger partial charge in [0.05, 0.1) is 23.1 Å². The van der Waals surface area contributed by atoms with Gasteiger partial charge in [0.1, 0.15) is 5.69 Å².